The average molecular weight is 357 g/mol. The van der Waals surface area contributed by atoms with Crippen LogP contribution in [0, 0.1) is 5.82 Å². The molecule has 0 aromatic heterocycles. The highest BCUT2D eigenvalue weighted by Crippen LogP contribution is 2.26. The van der Waals surface area contributed by atoms with E-state index >= 15 is 0 Å². The summed E-state index contributed by atoms with van der Waals surface area (Å²) in [4.78, 5) is 2.52. The molecule has 0 bridgehead atoms. The van der Waals surface area contributed by atoms with E-state index in [0.717, 1.165) is 48.9 Å². The first-order valence-electron chi connectivity index (χ1n) is 7.96. The molecule has 1 aliphatic rings. The van der Waals surface area contributed by atoms with Crippen molar-refractivity contribution >= 4 is 15.9 Å². The maximum atomic E-state index is 13.6. The summed E-state index contributed by atoms with van der Waals surface area (Å²) in [6.45, 7) is 9.60. The minimum absolute atomic E-state index is 0.167. The molecule has 1 saturated heterocycles. The minimum Gasteiger partial charge on any atom is -0.308 e. The van der Waals surface area contributed by atoms with Crippen molar-refractivity contribution in [3.8, 4) is 0 Å². The number of benzene rings is 1. The Hall–Kier alpha value is -0.450. The SMILES string of the molecule is CCC1CNC(CC)(CC)CN1Cc1cc(F)cc(Br)c1. The standard InChI is InChI=1S/C17H26BrFN2/c1-4-16-10-20-17(5-2,6-3)12-21(16)11-13-7-14(18)9-15(19)8-13/h7-9,16,20H,4-6,10-12H2,1-3H3. The molecular weight excluding hydrogens is 331 g/mol. The molecule has 1 aromatic carbocycles. The molecule has 1 atom stereocenters. The van der Waals surface area contributed by atoms with Crippen LogP contribution in [0.1, 0.15) is 45.6 Å². The number of rotatable bonds is 5. The molecule has 0 radical (unpaired) electrons. The Morgan fingerprint density at radius 1 is 1.29 bits per heavy atom. The van der Waals surface area contributed by atoms with Gasteiger partial charge in [0, 0.05) is 35.7 Å². The highest BCUT2D eigenvalue weighted by atomic mass is 79.9. The third-order valence-electron chi connectivity index (χ3n) is 4.87. The zero-order valence-electron chi connectivity index (χ0n) is 13.3. The highest BCUT2D eigenvalue weighted by molar-refractivity contribution is 9.10. The smallest absolute Gasteiger partial charge is 0.124 e. The highest BCUT2D eigenvalue weighted by Gasteiger charge is 2.35. The molecule has 0 aliphatic carbocycles. The molecular formula is C17H26BrFN2. The van der Waals surface area contributed by atoms with Gasteiger partial charge in [-0.1, -0.05) is 36.7 Å². The normalized spacial score (nSPS) is 22.4. The van der Waals surface area contributed by atoms with Crippen molar-refractivity contribution in [3.63, 3.8) is 0 Å². The van der Waals surface area contributed by atoms with Gasteiger partial charge in [0.15, 0.2) is 0 Å². The predicted molar refractivity (Wildman–Crippen MR) is 89.9 cm³/mol. The lowest BCUT2D eigenvalue weighted by atomic mass is 9.88. The summed E-state index contributed by atoms with van der Waals surface area (Å²) >= 11 is 3.39. The van der Waals surface area contributed by atoms with E-state index in [1.807, 2.05) is 6.07 Å². The van der Waals surface area contributed by atoms with Gasteiger partial charge in [-0.2, -0.15) is 0 Å². The topological polar surface area (TPSA) is 15.3 Å². The van der Waals surface area contributed by atoms with Gasteiger partial charge >= 0.3 is 0 Å². The molecule has 2 rings (SSSR count). The summed E-state index contributed by atoms with van der Waals surface area (Å²) in [6.07, 6.45) is 3.37. The van der Waals surface area contributed by atoms with Crippen molar-refractivity contribution < 1.29 is 4.39 Å². The van der Waals surface area contributed by atoms with E-state index in [1.54, 1.807) is 6.07 Å². The van der Waals surface area contributed by atoms with Crippen molar-refractivity contribution in [1.82, 2.24) is 10.2 Å². The summed E-state index contributed by atoms with van der Waals surface area (Å²) in [7, 11) is 0. The lowest BCUT2D eigenvalue weighted by Gasteiger charge is -2.47. The molecule has 1 N–H and O–H groups in total. The maximum Gasteiger partial charge on any atom is 0.124 e. The number of hydrogen-bond donors (Lipinski definition) is 1. The molecule has 1 aromatic rings. The van der Waals surface area contributed by atoms with E-state index in [9.17, 15) is 4.39 Å². The number of nitrogens with one attached hydrogen (secondary N) is 1. The fraction of sp³-hybridized carbons (Fsp3) is 0.647. The van der Waals surface area contributed by atoms with Gasteiger partial charge < -0.3 is 5.32 Å². The van der Waals surface area contributed by atoms with Crippen LogP contribution in [0.2, 0.25) is 0 Å². The molecule has 1 fully saturated rings. The van der Waals surface area contributed by atoms with Crippen LogP contribution in [0.3, 0.4) is 0 Å². The summed E-state index contributed by atoms with van der Waals surface area (Å²) < 4.78 is 14.4. The maximum absolute atomic E-state index is 13.6. The molecule has 0 spiro atoms. The van der Waals surface area contributed by atoms with Gasteiger partial charge in [0.05, 0.1) is 0 Å². The summed E-state index contributed by atoms with van der Waals surface area (Å²) in [6, 6.07) is 5.72. The molecule has 0 amide bonds. The first-order chi connectivity index (χ1) is 10.0. The second-order valence-electron chi connectivity index (χ2n) is 6.11. The van der Waals surface area contributed by atoms with E-state index in [2.05, 4.69) is 46.9 Å². The van der Waals surface area contributed by atoms with E-state index in [1.165, 1.54) is 6.07 Å². The second-order valence-corrected chi connectivity index (χ2v) is 7.03. The first-order valence-corrected chi connectivity index (χ1v) is 8.75. The van der Waals surface area contributed by atoms with Crippen LogP contribution in [0.25, 0.3) is 0 Å². The molecule has 1 unspecified atom stereocenters. The van der Waals surface area contributed by atoms with Gasteiger partial charge in [-0.15, -0.1) is 0 Å². The van der Waals surface area contributed by atoms with E-state index < -0.39 is 0 Å². The minimum atomic E-state index is -0.167. The third kappa shape index (κ3) is 4.05. The van der Waals surface area contributed by atoms with E-state index in [-0.39, 0.29) is 11.4 Å². The Morgan fingerprint density at radius 2 is 2.00 bits per heavy atom. The van der Waals surface area contributed by atoms with Crippen molar-refractivity contribution in [3.05, 3.63) is 34.1 Å². The molecule has 2 nitrogen and oxygen atoms in total. The van der Waals surface area contributed by atoms with Crippen LogP contribution in [-0.2, 0) is 6.54 Å². The Balaban J connectivity index is 2.17. The number of halogens is 2. The summed E-state index contributed by atoms with van der Waals surface area (Å²) in [5, 5.41) is 3.75. The Labute approximate surface area is 136 Å². The van der Waals surface area contributed by atoms with Crippen molar-refractivity contribution in [1.29, 1.82) is 0 Å². The fourth-order valence-corrected chi connectivity index (χ4v) is 3.80. The van der Waals surface area contributed by atoms with Crippen LogP contribution >= 0.6 is 15.9 Å². The van der Waals surface area contributed by atoms with Crippen LogP contribution in [-0.4, -0.2) is 29.6 Å². The summed E-state index contributed by atoms with van der Waals surface area (Å²) in [5.74, 6) is -0.167. The molecule has 1 heterocycles. The van der Waals surface area contributed by atoms with Crippen molar-refractivity contribution in [2.24, 2.45) is 0 Å². The van der Waals surface area contributed by atoms with Gasteiger partial charge in [-0.3, -0.25) is 4.90 Å². The third-order valence-corrected chi connectivity index (χ3v) is 5.33. The number of piperazine rings is 1. The zero-order valence-corrected chi connectivity index (χ0v) is 14.8. The van der Waals surface area contributed by atoms with Gasteiger partial charge in [0.25, 0.3) is 0 Å². The number of hydrogen-bond acceptors (Lipinski definition) is 2. The summed E-state index contributed by atoms with van der Waals surface area (Å²) in [5.41, 5.74) is 1.25. The van der Waals surface area contributed by atoms with Gasteiger partial charge in [0.2, 0.25) is 0 Å². The predicted octanol–water partition coefficient (Wildman–Crippen LogP) is 4.33. The van der Waals surface area contributed by atoms with Crippen molar-refractivity contribution in [2.45, 2.75) is 58.2 Å². The molecule has 21 heavy (non-hydrogen) atoms. The lowest BCUT2D eigenvalue weighted by Crippen LogP contribution is -2.63. The van der Waals surface area contributed by atoms with Crippen LogP contribution in [0.5, 0.6) is 0 Å². The monoisotopic (exact) mass is 356 g/mol. The first kappa shape index (κ1) is 16.9. The second kappa shape index (κ2) is 7.21. The zero-order chi connectivity index (χ0) is 15.5. The average Bonchev–Trinajstić information content (AvgIpc) is 2.46. The number of nitrogens with zero attached hydrogens (tertiary/aromatic N) is 1. The van der Waals surface area contributed by atoms with Gasteiger partial charge in [-0.05, 0) is 43.0 Å². The molecule has 118 valence electrons. The van der Waals surface area contributed by atoms with Gasteiger partial charge in [0.1, 0.15) is 5.82 Å². The van der Waals surface area contributed by atoms with Crippen LogP contribution in [0.4, 0.5) is 4.39 Å². The Bertz CT molecular complexity index is 454. The molecule has 0 saturated carbocycles. The van der Waals surface area contributed by atoms with Crippen LogP contribution in [0.15, 0.2) is 22.7 Å². The van der Waals surface area contributed by atoms with E-state index in [4.69, 9.17) is 0 Å². The van der Waals surface area contributed by atoms with Crippen molar-refractivity contribution in [2.75, 3.05) is 13.1 Å². The Morgan fingerprint density at radius 3 is 2.57 bits per heavy atom. The van der Waals surface area contributed by atoms with Gasteiger partial charge in [-0.25, -0.2) is 4.39 Å². The van der Waals surface area contributed by atoms with Crippen LogP contribution < -0.4 is 5.32 Å². The fourth-order valence-electron chi connectivity index (χ4n) is 3.29. The largest absolute Gasteiger partial charge is 0.308 e. The molecule has 4 heteroatoms. The molecule has 1 aliphatic heterocycles. The van der Waals surface area contributed by atoms with E-state index in [0.29, 0.717) is 6.04 Å². The quantitative estimate of drug-likeness (QED) is 0.844. The lowest BCUT2D eigenvalue weighted by molar-refractivity contribution is 0.0642. The Kier molecular flexibility index (Phi) is 5.81.